The van der Waals surface area contributed by atoms with Gasteiger partial charge in [0.25, 0.3) is 0 Å². The minimum Gasteiger partial charge on any atom is -0.394 e. The Bertz CT molecular complexity index is 1140. The molecule has 362 valence electrons. The van der Waals surface area contributed by atoms with Gasteiger partial charge in [-0.25, -0.2) is 4.18 Å². The summed E-state index contributed by atoms with van der Waals surface area (Å²) in [5.74, 6) is -0.259. The average molecular weight is 892 g/mol. The Morgan fingerprint density at radius 1 is 0.639 bits per heavy atom. The number of unbranched alkanes of at least 4 members (excludes halogenated alkanes) is 31. The van der Waals surface area contributed by atoms with Crippen molar-refractivity contribution in [3.63, 3.8) is 0 Å². The van der Waals surface area contributed by atoms with E-state index in [1.54, 1.807) is 6.08 Å². The molecule has 1 aliphatic rings. The van der Waals surface area contributed by atoms with Crippen molar-refractivity contribution in [3.8, 4) is 0 Å². The summed E-state index contributed by atoms with van der Waals surface area (Å²) in [6.07, 6.45) is 35.4. The van der Waals surface area contributed by atoms with Crippen molar-refractivity contribution < 1.29 is 51.8 Å². The van der Waals surface area contributed by atoms with Crippen molar-refractivity contribution in [2.45, 2.75) is 275 Å². The fraction of sp³-hybridized carbons (Fsp3) is 0.938. The van der Waals surface area contributed by atoms with Crippen LogP contribution in [-0.4, -0.2) is 95.4 Å². The van der Waals surface area contributed by atoms with Gasteiger partial charge in [0, 0.05) is 6.42 Å². The maximum Gasteiger partial charge on any atom is 0.397 e. The van der Waals surface area contributed by atoms with E-state index < -0.39 is 59.9 Å². The van der Waals surface area contributed by atoms with Crippen molar-refractivity contribution in [1.29, 1.82) is 0 Å². The van der Waals surface area contributed by atoms with E-state index in [2.05, 4.69) is 23.3 Å². The number of hydrogen-bond donors (Lipinski definition) is 6. The summed E-state index contributed by atoms with van der Waals surface area (Å²) in [4.78, 5) is 13.1. The molecule has 0 aromatic heterocycles. The largest absolute Gasteiger partial charge is 0.397 e. The number of hydrogen-bond acceptors (Lipinski definition) is 10. The molecule has 0 spiro atoms. The lowest BCUT2D eigenvalue weighted by Gasteiger charge is -2.41. The van der Waals surface area contributed by atoms with Gasteiger partial charge < -0.3 is 35.2 Å². The monoisotopic (exact) mass is 892 g/mol. The van der Waals surface area contributed by atoms with Crippen molar-refractivity contribution in [2.24, 2.45) is 0 Å². The van der Waals surface area contributed by atoms with E-state index >= 15 is 0 Å². The van der Waals surface area contributed by atoms with E-state index in [1.165, 1.54) is 167 Å². The van der Waals surface area contributed by atoms with Crippen molar-refractivity contribution >= 4 is 16.3 Å². The SMILES string of the molecule is CCCCCCCCCCCCC/C=C/C(O)C(COC1O[C@H](CO)[C@H](O)[C@H](OS(=O)(=O)O)[C@H]1O)NC(=O)CCCCCCCCCCCCCCCCCCCCCCC. The lowest BCUT2D eigenvalue weighted by molar-refractivity contribution is -0.298. The molecule has 1 rings (SSSR count). The Balaban J connectivity index is 2.42. The fourth-order valence-corrected chi connectivity index (χ4v) is 8.67. The summed E-state index contributed by atoms with van der Waals surface area (Å²) in [7, 11) is -5.08. The second-order valence-corrected chi connectivity index (χ2v) is 18.8. The number of carbonyl (C=O) groups excluding carboxylic acids is 1. The normalized spacial score (nSPS) is 20.7. The number of aliphatic hydroxyl groups excluding tert-OH is 4. The predicted octanol–water partition coefficient (Wildman–Crippen LogP) is 10.3. The molecular weight excluding hydrogens is 799 g/mol. The van der Waals surface area contributed by atoms with Crippen LogP contribution in [0.25, 0.3) is 0 Å². The molecule has 0 radical (unpaired) electrons. The first-order valence-electron chi connectivity index (χ1n) is 25.1. The molecule has 0 aromatic carbocycles. The number of aliphatic hydroxyl groups is 4. The first-order chi connectivity index (χ1) is 29.5. The summed E-state index contributed by atoms with van der Waals surface area (Å²) >= 11 is 0. The Labute approximate surface area is 372 Å². The molecule has 3 unspecified atom stereocenters. The minimum absolute atomic E-state index is 0.259. The molecule has 7 atom stereocenters. The van der Waals surface area contributed by atoms with Crippen LogP contribution in [0.15, 0.2) is 12.2 Å². The van der Waals surface area contributed by atoms with Crippen LogP contribution in [0.4, 0.5) is 0 Å². The summed E-state index contributed by atoms with van der Waals surface area (Å²) in [6, 6.07) is -0.938. The molecule has 1 aliphatic heterocycles. The molecule has 0 bridgehead atoms. The third-order valence-electron chi connectivity index (χ3n) is 12.1. The lowest BCUT2D eigenvalue weighted by Crippen LogP contribution is -2.61. The zero-order chi connectivity index (χ0) is 44.8. The molecule has 0 aliphatic carbocycles. The number of nitrogens with one attached hydrogen (secondary N) is 1. The van der Waals surface area contributed by atoms with Gasteiger partial charge >= 0.3 is 10.4 Å². The van der Waals surface area contributed by atoms with Crippen LogP contribution in [0, 0.1) is 0 Å². The second kappa shape index (κ2) is 39.2. The van der Waals surface area contributed by atoms with Crippen LogP contribution >= 0.6 is 0 Å². The molecule has 1 heterocycles. The summed E-state index contributed by atoms with van der Waals surface area (Å²) in [6.45, 7) is 3.40. The zero-order valence-corrected chi connectivity index (χ0v) is 39.6. The Kier molecular flexibility index (Phi) is 37.2. The summed E-state index contributed by atoms with van der Waals surface area (Å²) < 4.78 is 47.6. The third kappa shape index (κ3) is 32.2. The molecule has 1 amide bonds. The van der Waals surface area contributed by atoms with Crippen LogP contribution in [0.2, 0.25) is 0 Å². The lowest BCUT2D eigenvalue weighted by atomic mass is 9.99. The fourth-order valence-electron chi connectivity index (χ4n) is 8.16. The molecule has 13 heteroatoms. The number of rotatable bonds is 43. The van der Waals surface area contributed by atoms with Gasteiger partial charge in [0.1, 0.15) is 24.4 Å². The highest BCUT2D eigenvalue weighted by atomic mass is 32.3. The van der Waals surface area contributed by atoms with Crippen LogP contribution in [0.1, 0.15) is 232 Å². The first kappa shape index (κ1) is 57.9. The highest BCUT2D eigenvalue weighted by Gasteiger charge is 2.48. The van der Waals surface area contributed by atoms with E-state index in [9.17, 15) is 38.2 Å². The van der Waals surface area contributed by atoms with Crippen molar-refractivity contribution in [2.75, 3.05) is 13.2 Å². The van der Waals surface area contributed by atoms with Gasteiger partial charge in [0.15, 0.2) is 6.29 Å². The van der Waals surface area contributed by atoms with Gasteiger partial charge in [-0.3, -0.25) is 9.35 Å². The quantitative estimate of drug-likeness (QED) is 0.0194. The van der Waals surface area contributed by atoms with Gasteiger partial charge in [-0.15, -0.1) is 0 Å². The molecule has 1 fully saturated rings. The molecule has 12 nitrogen and oxygen atoms in total. The molecular formula is C48H93NO11S. The second-order valence-electron chi connectivity index (χ2n) is 17.8. The van der Waals surface area contributed by atoms with Gasteiger partial charge in [0.2, 0.25) is 5.91 Å². The van der Waals surface area contributed by atoms with E-state index in [0.717, 1.165) is 38.5 Å². The van der Waals surface area contributed by atoms with E-state index in [1.807, 2.05) is 6.08 Å². The van der Waals surface area contributed by atoms with Crippen LogP contribution in [0.5, 0.6) is 0 Å². The average Bonchev–Trinajstić information content (AvgIpc) is 3.23. The van der Waals surface area contributed by atoms with Crippen LogP contribution in [0.3, 0.4) is 0 Å². The van der Waals surface area contributed by atoms with E-state index in [0.29, 0.717) is 6.42 Å². The van der Waals surface area contributed by atoms with Gasteiger partial charge in [-0.1, -0.05) is 219 Å². The van der Waals surface area contributed by atoms with Crippen molar-refractivity contribution in [3.05, 3.63) is 12.2 Å². The number of ether oxygens (including phenoxy) is 2. The van der Waals surface area contributed by atoms with Crippen LogP contribution < -0.4 is 5.32 Å². The van der Waals surface area contributed by atoms with E-state index in [-0.39, 0.29) is 18.9 Å². The van der Waals surface area contributed by atoms with Crippen LogP contribution in [-0.2, 0) is 28.9 Å². The third-order valence-corrected chi connectivity index (χ3v) is 12.5. The maximum atomic E-state index is 13.1. The zero-order valence-electron chi connectivity index (χ0n) is 38.7. The predicted molar refractivity (Wildman–Crippen MR) is 246 cm³/mol. The minimum atomic E-state index is -5.08. The number of carbonyl (C=O) groups is 1. The highest BCUT2D eigenvalue weighted by Crippen LogP contribution is 2.26. The van der Waals surface area contributed by atoms with E-state index in [4.69, 9.17) is 9.47 Å². The van der Waals surface area contributed by atoms with Crippen molar-refractivity contribution in [1.82, 2.24) is 5.32 Å². The summed E-state index contributed by atoms with van der Waals surface area (Å²) in [5.41, 5.74) is 0. The first-order valence-corrected chi connectivity index (χ1v) is 26.4. The highest BCUT2D eigenvalue weighted by molar-refractivity contribution is 7.80. The van der Waals surface area contributed by atoms with Gasteiger partial charge in [0.05, 0.1) is 25.4 Å². The Hall–Kier alpha value is -1.16. The maximum absolute atomic E-state index is 13.1. The molecule has 1 saturated heterocycles. The van der Waals surface area contributed by atoms with Gasteiger partial charge in [-0.05, 0) is 19.3 Å². The standard InChI is InChI=1S/C48H93NO11S/c1-3-5-7-9-11-13-15-17-18-19-20-21-22-23-24-26-28-30-32-34-36-38-44(52)49-41(42(51)37-35-33-31-29-27-25-16-14-12-10-8-6-4-2)40-58-48-46(54)47(60-61(55,56)57)45(53)43(39-50)59-48/h35,37,41-43,45-48,50-51,53-54H,3-34,36,38-40H2,1-2H3,(H,49,52)(H,55,56,57)/b37-35+/t41?,42?,43-,45+,46-,47+,48?/m1/s1. The smallest absolute Gasteiger partial charge is 0.394 e. The topological polar surface area (TPSA) is 192 Å². The summed E-state index contributed by atoms with van der Waals surface area (Å²) in [5, 5.41) is 44.7. The molecule has 0 saturated carbocycles. The molecule has 6 N–H and O–H groups in total. The van der Waals surface area contributed by atoms with Gasteiger partial charge in [-0.2, -0.15) is 8.42 Å². The Morgan fingerprint density at radius 2 is 1.03 bits per heavy atom. The Morgan fingerprint density at radius 3 is 1.43 bits per heavy atom. The number of amides is 1. The molecule has 61 heavy (non-hydrogen) atoms. The molecule has 0 aromatic rings. The number of allylic oxidation sites excluding steroid dienone is 1.